The number of fused-ring (bicyclic) bond motifs is 1. The Morgan fingerprint density at radius 2 is 1.44 bits per heavy atom. The van der Waals surface area contributed by atoms with Gasteiger partial charge in [-0.25, -0.2) is 14.4 Å². The van der Waals surface area contributed by atoms with E-state index in [1.807, 2.05) is 32.9 Å². The number of thioether (sulfide) groups is 1. The van der Waals surface area contributed by atoms with Gasteiger partial charge in [0.15, 0.2) is 0 Å². The van der Waals surface area contributed by atoms with Crippen molar-refractivity contribution in [3.8, 4) is 0 Å². The van der Waals surface area contributed by atoms with Gasteiger partial charge in [-0.2, -0.15) is 0 Å². The lowest BCUT2D eigenvalue weighted by molar-refractivity contribution is -0.150. The molecule has 0 aliphatic carbocycles. The molecule has 304 valence electrons. The highest BCUT2D eigenvalue weighted by molar-refractivity contribution is 8.00. The first kappa shape index (κ1) is 47.9. The molecule has 2 unspecified atom stereocenters. The maximum absolute atomic E-state index is 12.7. The van der Waals surface area contributed by atoms with Crippen LogP contribution in [0.25, 0.3) is 0 Å². The topological polar surface area (TPSA) is 212 Å². The molecule has 15 nitrogen and oxygen atoms in total. The van der Waals surface area contributed by atoms with Crippen molar-refractivity contribution in [3.05, 3.63) is 46.7 Å². The molecule has 0 radical (unpaired) electrons. The summed E-state index contributed by atoms with van der Waals surface area (Å²) in [7, 11) is 0. The van der Waals surface area contributed by atoms with E-state index in [9.17, 15) is 39.0 Å². The molecular weight excluding hydrogens is 717 g/mol. The maximum Gasteiger partial charge on any atom is 0.404 e. The summed E-state index contributed by atoms with van der Waals surface area (Å²) in [5.41, 5.74) is 6.07. The molecule has 0 saturated carbocycles. The summed E-state index contributed by atoms with van der Waals surface area (Å²) in [5, 5.41) is 23.5. The van der Waals surface area contributed by atoms with E-state index < -0.39 is 53.2 Å². The lowest BCUT2D eigenvalue weighted by Crippen LogP contribution is -2.70. The molecule has 6 N–H and O–H groups in total. The molecule has 1 fully saturated rings. The highest BCUT2D eigenvalue weighted by atomic mass is 32.2. The molecule has 2 heterocycles. The van der Waals surface area contributed by atoms with E-state index in [2.05, 4.69) is 66.7 Å². The Kier molecular flexibility index (Phi) is 20.9. The average Bonchev–Trinajstić information content (AvgIpc) is 3.13. The second kappa shape index (κ2) is 23.6. The molecule has 54 heavy (non-hydrogen) atoms. The van der Waals surface area contributed by atoms with Crippen molar-refractivity contribution in [2.75, 3.05) is 51.6 Å². The fraction of sp³-hybridized carbons (Fsp3) is 0.632. The molecule has 2 aliphatic heterocycles. The Morgan fingerprint density at radius 1 is 0.926 bits per heavy atom. The molecule has 4 amide bonds. The highest BCUT2D eigenvalue weighted by Gasteiger charge is 2.54. The van der Waals surface area contributed by atoms with Crippen LogP contribution in [0, 0.1) is 0 Å². The van der Waals surface area contributed by atoms with Crippen molar-refractivity contribution in [2.45, 2.75) is 104 Å². The van der Waals surface area contributed by atoms with Crippen LogP contribution in [0.15, 0.2) is 35.5 Å². The number of nitrogens with one attached hydrogen (secondary N) is 2. The molecule has 1 aromatic carbocycles. The summed E-state index contributed by atoms with van der Waals surface area (Å²) in [6, 6.07) is 4.70. The number of benzene rings is 1. The zero-order valence-electron chi connectivity index (χ0n) is 33.4. The first-order valence-electron chi connectivity index (χ1n) is 18.6. The Balaban J connectivity index is 0.000000879. The van der Waals surface area contributed by atoms with Gasteiger partial charge in [-0.05, 0) is 75.2 Å². The zero-order valence-corrected chi connectivity index (χ0v) is 34.2. The quantitative estimate of drug-likeness (QED) is 0.143. The molecular formula is C38H62N6O9S. The Hall–Kier alpha value is -4.15. The minimum Gasteiger partial charge on any atom is -0.480 e. The Bertz CT molecular complexity index is 1420. The van der Waals surface area contributed by atoms with Gasteiger partial charge >= 0.3 is 18.0 Å². The number of β-lactam (4-membered cyclic amide) rings is 1. The largest absolute Gasteiger partial charge is 0.480 e. The van der Waals surface area contributed by atoms with E-state index in [1.165, 1.54) is 51.0 Å². The summed E-state index contributed by atoms with van der Waals surface area (Å²) >= 11 is 1.20. The molecule has 2 aliphatic rings. The zero-order chi connectivity index (χ0) is 41.2. The van der Waals surface area contributed by atoms with Gasteiger partial charge in [0, 0.05) is 23.3 Å². The average molecular weight is 779 g/mol. The van der Waals surface area contributed by atoms with Crippen LogP contribution < -0.4 is 16.4 Å². The number of aliphatic carboxylic acids is 2. The molecule has 1 aromatic rings. The molecule has 0 bridgehead atoms. The van der Waals surface area contributed by atoms with Crippen LogP contribution in [0.2, 0.25) is 0 Å². The standard InChI is InChI=1S/C26H32N4O9S.2C6H15N/c1-26(2,3)15-9-7-13(8-10-15)20(32)28-16(23(34)35)5-4-6-17(31)29-18-21(33)30-19(24(36)37)14(11-39-25(27)38)12-40-22(18)30;2*1-4-7(5-2)6-3/h7-10,16,18,22H,4-6,11-12H2,1-3H3,(H2,27,38)(H,28,32)(H,29,31)(H,34,35)(H,36,37);2*4-6H2,1-3H3/t16?,18?,22-;;/m1../s1. The number of carbonyl (C=O) groups is 6. The number of carboxylic acids is 2. The highest BCUT2D eigenvalue weighted by Crippen LogP contribution is 2.40. The molecule has 3 rings (SSSR count). The molecule has 3 atom stereocenters. The van der Waals surface area contributed by atoms with Gasteiger partial charge in [-0.15, -0.1) is 11.8 Å². The number of carbonyl (C=O) groups excluding carboxylic acids is 4. The molecule has 0 aromatic heterocycles. The number of nitrogens with two attached hydrogens (primary N) is 1. The molecule has 0 spiro atoms. The van der Waals surface area contributed by atoms with E-state index in [0.29, 0.717) is 5.56 Å². The van der Waals surface area contributed by atoms with Crippen molar-refractivity contribution in [3.63, 3.8) is 0 Å². The summed E-state index contributed by atoms with van der Waals surface area (Å²) < 4.78 is 4.67. The minimum atomic E-state index is -1.38. The summed E-state index contributed by atoms with van der Waals surface area (Å²) in [5.74, 6) is -4.17. The van der Waals surface area contributed by atoms with Crippen LogP contribution >= 0.6 is 11.8 Å². The van der Waals surface area contributed by atoms with Crippen molar-refractivity contribution in [1.29, 1.82) is 0 Å². The Labute approximate surface area is 324 Å². The number of amides is 4. The maximum atomic E-state index is 12.7. The summed E-state index contributed by atoms with van der Waals surface area (Å²) in [6.45, 7) is 26.0. The second-order valence-corrected chi connectivity index (χ2v) is 14.7. The van der Waals surface area contributed by atoms with Gasteiger partial charge in [0.25, 0.3) is 11.8 Å². The van der Waals surface area contributed by atoms with Crippen LogP contribution in [0.3, 0.4) is 0 Å². The van der Waals surface area contributed by atoms with E-state index in [-0.39, 0.29) is 48.3 Å². The van der Waals surface area contributed by atoms with Crippen LogP contribution in [0.5, 0.6) is 0 Å². The van der Waals surface area contributed by atoms with E-state index in [4.69, 9.17) is 5.73 Å². The van der Waals surface area contributed by atoms with E-state index >= 15 is 0 Å². The third-order valence-electron chi connectivity index (χ3n) is 9.15. The number of rotatable bonds is 17. The third-order valence-corrected chi connectivity index (χ3v) is 10.5. The van der Waals surface area contributed by atoms with Crippen molar-refractivity contribution in [2.24, 2.45) is 5.73 Å². The number of carboxylic acid groups (broad SMARTS) is 2. The van der Waals surface area contributed by atoms with Crippen LogP contribution in [-0.4, -0.2) is 130 Å². The number of ether oxygens (including phenoxy) is 1. The van der Waals surface area contributed by atoms with Crippen molar-refractivity contribution < 1.29 is 43.7 Å². The number of hydrogen-bond acceptors (Lipinski definition) is 10. The van der Waals surface area contributed by atoms with Crippen LogP contribution in [0.1, 0.15) is 97.5 Å². The van der Waals surface area contributed by atoms with Gasteiger partial charge in [-0.3, -0.25) is 19.3 Å². The van der Waals surface area contributed by atoms with E-state index in [1.54, 1.807) is 12.1 Å². The monoisotopic (exact) mass is 778 g/mol. The first-order valence-corrected chi connectivity index (χ1v) is 19.7. The van der Waals surface area contributed by atoms with Gasteiger partial charge in [0.1, 0.15) is 29.8 Å². The molecule has 16 heteroatoms. The van der Waals surface area contributed by atoms with Gasteiger partial charge in [-0.1, -0.05) is 74.4 Å². The molecule has 1 saturated heterocycles. The van der Waals surface area contributed by atoms with E-state index in [0.717, 1.165) is 10.5 Å². The predicted octanol–water partition coefficient (Wildman–Crippen LogP) is 3.87. The number of nitrogens with zero attached hydrogens (tertiary/aromatic N) is 3. The van der Waals surface area contributed by atoms with Gasteiger partial charge in [0.2, 0.25) is 5.91 Å². The first-order chi connectivity index (χ1) is 25.4. The fourth-order valence-corrected chi connectivity index (χ4v) is 6.95. The predicted molar refractivity (Wildman–Crippen MR) is 210 cm³/mol. The Morgan fingerprint density at radius 3 is 1.85 bits per heavy atom. The van der Waals surface area contributed by atoms with Crippen molar-refractivity contribution in [1.82, 2.24) is 25.3 Å². The van der Waals surface area contributed by atoms with Gasteiger partial charge in [0.05, 0.1) is 0 Å². The number of hydrogen-bond donors (Lipinski definition) is 5. The van der Waals surface area contributed by atoms with Crippen LogP contribution in [0.4, 0.5) is 4.79 Å². The smallest absolute Gasteiger partial charge is 0.404 e. The summed E-state index contributed by atoms with van der Waals surface area (Å²) in [6.07, 6.45) is -1.10. The lowest BCUT2D eigenvalue weighted by atomic mass is 9.86. The summed E-state index contributed by atoms with van der Waals surface area (Å²) in [4.78, 5) is 77.9. The van der Waals surface area contributed by atoms with Gasteiger partial charge < -0.3 is 41.1 Å². The second-order valence-electron chi connectivity index (χ2n) is 13.6. The van der Waals surface area contributed by atoms with Crippen molar-refractivity contribution >= 4 is 47.5 Å². The normalized spacial score (nSPS) is 16.9. The fourth-order valence-electron chi connectivity index (χ4n) is 5.63. The van der Waals surface area contributed by atoms with Crippen LogP contribution in [-0.2, 0) is 29.3 Å². The third kappa shape index (κ3) is 14.9. The lowest BCUT2D eigenvalue weighted by Gasteiger charge is -2.49. The SMILES string of the molecule is CC(C)(C)c1ccc(C(=O)NC(CCCC(=O)NC2C(=O)N3C(C(=O)O)=C(COC(N)=O)CS[C@H]23)C(=O)O)cc1.CCN(CC)CC.CCN(CC)CC. The number of primary amides is 1. The minimum absolute atomic E-state index is 0.0212.